The summed E-state index contributed by atoms with van der Waals surface area (Å²) in [4.78, 5) is 7.26. The van der Waals surface area contributed by atoms with Gasteiger partial charge in [0.1, 0.15) is 0 Å². The third-order valence-electron chi connectivity index (χ3n) is 8.97. The van der Waals surface area contributed by atoms with Crippen molar-refractivity contribution >= 4 is 38.9 Å². The number of rotatable bonds is 3. The van der Waals surface area contributed by atoms with Crippen LogP contribution in [0.4, 0.5) is 0 Å². The fraction of sp³-hybridized carbons (Fsp3) is 0.132. The average molecular weight is 532 g/mol. The highest BCUT2D eigenvalue weighted by Gasteiger charge is 2.36. The van der Waals surface area contributed by atoms with Crippen LogP contribution < -0.4 is 0 Å². The molecule has 3 aliphatic rings. The molecule has 0 fully saturated rings. The summed E-state index contributed by atoms with van der Waals surface area (Å²) in [5, 5.41) is 5.11. The van der Waals surface area contributed by atoms with E-state index in [0.29, 0.717) is 5.92 Å². The van der Waals surface area contributed by atoms with Crippen LogP contribution in [-0.2, 0) is 5.41 Å². The SMILES string of the molecule is CC1(C)c2ccccc2-c2c(Sc3c4ccccc4c(C4=CC=C5C=CC=CC5C4)c4cnccc34)cccc21. The molecular formula is C38H29NS. The Kier molecular flexibility index (Phi) is 5.30. The third kappa shape index (κ3) is 3.46. The Morgan fingerprint density at radius 3 is 2.48 bits per heavy atom. The molecule has 1 aromatic heterocycles. The lowest BCUT2D eigenvalue weighted by Gasteiger charge is -2.25. The lowest BCUT2D eigenvalue weighted by Crippen LogP contribution is -2.14. The van der Waals surface area contributed by atoms with Gasteiger partial charge in [-0.3, -0.25) is 4.98 Å². The quantitative estimate of drug-likeness (QED) is 0.215. The first-order chi connectivity index (χ1) is 19.6. The Bertz CT molecular complexity index is 1930. The summed E-state index contributed by atoms with van der Waals surface area (Å²) in [6.45, 7) is 4.71. The molecular weight excluding hydrogens is 502 g/mol. The van der Waals surface area contributed by atoms with E-state index in [4.69, 9.17) is 0 Å². The van der Waals surface area contributed by atoms with Gasteiger partial charge in [0, 0.05) is 38.9 Å². The Morgan fingerprint density at radius 1 is 0.750 bits per heavy atom. The van der Waals surface area contributed by atoms with Crippen molar-refractivity contribution in [3.63, 3.8) is 0 Å². The Hall–Kier alpha value is -4.14. The van der Waals surface area contributed by atoms with Gasteiger partial charge in [-0.15, -0.1) is 0 Å². The maximum absolute atomic E-state index is 4.63. The predicted octanol–water partition coefficient (Wildman–Crippen LogP) is 10.3. The normalized spacial score (nSPS) is 18.3. The van der Waals surface area contributed by atoms with Crippen molar-refractivity contribution in [1.82, 2.24) is 4.98 Å². The van der Waals surface area contributed by atoms with Gasteiger partial charge in [-0.05, 0) is 73.7 Å². The second-order valence-electron chi connectivity index (χ2n) is 11.5. The molecule has 40 heavy (non-hydrogen) atoms. The number of pyridine rings is 1. The van der Waals surface area contributed by atoms with Crippen LogP contribution in [0.1, 0.15) is 37.0 Å². The third-order valence-corrected chi connectivity index (χ3v) is 10.2. The van der Waals surface area contributed by atoms with Crippen LogP contribution >= 0.6 is 11.8 Å². The van der Waals surface area contributed by atoms with Gasteiger partial charge >= 0.3 is 0 Å². The molecule has 0 bridgehead atoms. The monoisotopic (exact) mass is 531 g/mol. The van der Waals surface area contributed by atoms with Crippen molar-refractivity contribution in [2.45, 2.75) is 35.5 Å². The molecule has 1 atom stereocenters. The lowest BCUT2D eigenvalue weighted by atomic mass is 9.80. The van der Waals surface area contributed by atoms with Crippen LogP contribution in [0.25, 0.3) is 38.2 Å². The van der Waals surface area contributed by atoms with Crippen molar-refractivity contribution < 1.29 is 0 Å². The molecule has 4 aromatic carbocycles. The van der Waals surface area contributed by atoms with Crippen LogP contribution in [0.3, 0.4) is 0 Å². The number of hydrogen-bond acceptors (Lipinski definition) is 2. The number of allylic oxidation sites excluding steroid dienone is 8. The molecule has 0 N–H and O–H groups in total. The van der Waals surface area contributed by atoms with Crippen LogP contribution in [0.5, 0.6) is 0 Å². The van der Waals surface area contributed by atoms with Crippen LogP contribution in [0, 0.1) is 5.92 Å². The summed E-state index contributed by atoms with van der Waals surface area (Å²) >= 11 is 1.91. The topological polar surface area (TPSA) is 12.9 Å². The molecule has 8 rings (SSSR count). The molecule has 1 nitrogen and oxygen atoms in total. The first-order valence-electron chi connectivity index (χ1n) is 14.1. The van der Waals surface area contributed by atoms with Crippen molar-refractivity contribution in [2.24, 2.45) is 5.92 Å². The summed E-state index contributed by atoms with van der Waals surface area (Å²) in [5.41, 5.74) is 9.66. The summed E-state index contributed by atoms with van der Waals surface area (Å²) in [6, 6.07) is 26.9. The largest absolute Gasteiger partial charge is 0.264 e. The second kappa shape index (κ2) is 8.94. The van der Waals surface area contributed by atoms with E-state index in [-0.39, 0.29) is 5.41 Å². The zero-order valence-electron chi connectivity index (χ0n) is 22.7. The van der Waals surface area contributed by atoms with E-state index in [1.807, 2.05) is 18.0 Å². The molecule has 1 heterocycles. The number of aromatic nitrogens is 1. The fourth-order valence-corrected chi connectivity index (χ4v) is 8.27. The summed E-state index contributed by atoms with van der Waals surface area (Å²) in [5.74, 6) is 0.430. The van der Waals surface area contributed by atoms with Gasteiger partial charge in [0.05, 0.1) is 0 Å². The highest BCUT2D eigenvalue weighted by Crippen LogP contribution is 2.54. The van der Waals surface area contributed by atoms with E-state index in [9.17, 15) is 0 Å². The van der Waals surface area contributed by atoms with Crippen molar-refractivity contribution in [3.05, 3.63) is 144 Å². The van der Waals surface area contributed by atoms with Gasteiger partial charge < -0.3 is 0 Å². The van der Waals surface area contributed by atoms with Gasteiger partial charge in [-0.2, -0.15) is 0 Å². The van der Waals surface area contributed by atoms with E-state index in [1.165, 1.54) is 70.3 Å². The van der Waals surface area contributed by atoms with Gasteiger partial charge in [0.2, 0.25) is 0 Å². The highest BCUT2D eigenvalue weighted by atomic mass is 32.2. The minimum Gasteiger partial charge on any atom is -0.264 e. The van der Waals surface area contributed by atoms with Crippen molar-refractivity contribution in [2.75, 3.05) is 0 Å². The van der Waals surface area contributed by atoms with E-state index in [0.717, 1.165) is 6.42 Å². The molecule has 0 radical (unpaired) electrons. The van der Waals surface area contributed by atoms with Crippen LogP contribution in [0.15, 0.2) is 137 Å². The van der Waals surface area contributed by atoms with Crippen LogP contribution in [-0.4, -0.2) is 4.98 Å². The summed E-state index contributed by atoms with van der Waals surface area (Å²) < 4.78 is 0. The second-order valence-corrected chi connectivity index (χ2v) is 12.6. The first kappa shape index (κ1) is 23.7. The Labute approximate surface area is 239 Å². The molecule has 0 spiro atoms. The fourth-order valence-electron chi connectivity index (χ4n) is 7.00. The first-order valence-corrected chi connectivity index (χ1v) is 14.9. The standard InChI is InChI=1S/C38H29NS/c1-38(2)32-15-8-7-14-30(32)36-33(38)16-9-17-34(36)40-37-28-13-6-5-12-27(28)35(31-23-39-21-20-29(31)37)26-19-18-24-10-3-4-11-25(24)22-26/h3-21,23,25H,22H2,1-2H3. The summed E-state index contributed by atoms with van der Waals surface area (Å²) in [6.07, 6.45) is 18.6. The molecule has 1 unspecified atom stereocenters. The van der Waals surface area contributed by atoms with Crippen molar-refractivity contribution in [3.8, 4) is 11.1 Å². The molecule has 3 aliphatic carbocycles. The summed E-state index contributed by atoms with van der Waals surface area (Å²) in [7, 11) is 0. The molecule has 2 heteroatoms. The lowest BCUT2D eigenvalue weighted by molar-refractivity contribution is 0.659. The zero-order valence-corrected chi connectivity index (χ0v) is 23.5. The highest BCUT2D eigenvalue weighted by molar-refractivity contribution is 8.00. The molecule has 0 saturated heterocycles. The van der Waals surface area contributed by atoms with E-state index in [1.54, 1.807) is 0 Å². The van der Waals surface area contributed by atoms with Gasteiger partial charge in [-0.1, -0.05) is 123 Å². The van der Waals surface area contributed by atoms with E-state index >= 15 is 0 Å². The maximum atomic E-state index is 4.63. The number of fused-ring (bicyclic) bond motifs is 6. The van der Waals surface area contributed by atoms with Crippen LogP contribution in [0.2, 0.25) is 0 Å². The average Bonchev–Trinajstić information content (AvgIpc) is 3.24. The minimum atomic E-state index is -0.0109. The number of nitrogens with zero attached hydrogens (tertiary/aromatic N) is 1. The van der Waals surface area contributed by atoms with Gasteiger partial charge in [-0.25, -0.2) is 0 Å². The minimum absolute atomic E-state index is 0.0109. The zero-order chi connectivity index (χ0) is 26.8. The van der Waals surface area contributed by atoms with E-state index < -0.39 is 0 Å². The predicted molar refractivity (Wildman–Crippen MR) is 170 cm³/mol. The Balaban J connectivity index is 1.36. The molecule has 0 saturated carbocycles. The molecule has 5 aromatic rings. The smallest absolute Gasteiger partial charge is 0.0353 e. The maximum Gasteiger partial charge on any atom is 0.0353 e. The molecule has 0 amide bonds. The number of hydrogen-bond donors (Lipinski definition) is 0. The number of benzene rings is 4. The van der Waals surface area contributed by atoms with Gasteiger partial charge in [0.25, 0.3) is 0 Å². The molecule has 192 valence electrons. The Morgan fingerprint density at radius 2 is 1.55 bits per heavy atom. The molecule has 0 aliphatic heterocycles. The van der Waals surface area contributed by atoms with Crippen molar-refractivity contribution in [1.29, 1.82) is 0 Å². The van der Waals surface area contributed by atoms with Gasteiger partial charge in [0.15, 0.2) is 0 Å². The van der Waals surface area contributed by atoms with E-state index in [2.05, 4.69) is 134 Å².